The molecule has 0 bridgehead atoms. The van der Waals surface area contributed by atoms with Gasteiger partial charge in [0.2, 0.25) is 0 Å². The van der Waals surface area contributed by atoms with Crippen LogP contribution in [0.25, 0.3) is 0 Å². The summed E-state index contributed by atoms with van der Waals surface area (Å²) < 4.78 is 0. The predicted octanol–water partition coefficient (Wildman–Crippen LogP) is 3.55. The van der Waals surface area contributed by atoms with Gasteiger partial charge in [0.1, 0.15) is 11.6 Å². The summed E-state index contributed by atoms with van der Waals surface area (Å²) >= 11 is 0. The van der Waals surface area contributed by atoms with Crippen LogP contribution in [-0.2, 0) is 9.59 Å². The second-order valence-electron chi connectivity index (χ2n) is 5.69. The Hall–Kier alpha value is -0.920. The van der Waals surface area contributed by atoms with Gasteiger partial charge in [0, 0.05) is 24.7 Å². The first-order valence-corrected chi connectivity index (χ1v) is 6.63. The fraction of sp³-hybridized carbons (Fsp3) is 0.733. The van der Waals surface area contributed by atoms with Gasteiger partial charge in [0.25, 0.3) is 0 Å². The molecule has 1 aliphatic carbocycles. The number of allylic oxidation sites excluding steroid dienone is 2. The number of Topliss-reactive ketones (excluding diaryl/α,β-unsaturated/α-hetero) is 2. The maximum Gasteiger partial charge on any atom is 0.140 e. The molecule has 96 valence electrons. The Morgan fingerprint density at radius 1 is 1.24 bits per heavy atom. The SMILES string of the molecule is C/C1=C\CC[C@H](C)C(=O)C[C@@H](C(C)C)C(=O)C1. The van der Waals surface area contributed by atoms with Gasteiger partial charge in [-0.2, -0.15) is 0 Å². The molecule has 0 radical (unpaired) electrons. The minimum Gasteiger partial charge on any atom is -0.299 e. The highest BCUT2D eigenvalue weighted by Gasteiger charge is 2.27. The quantitative estimate of drug-likeness (QED) is 0.652. The van der Waals surface area contributed by atoms with Crippen molar-refractivity contribution in [3.05, 3.63) is 11.6 Å². The van der Waals surface area contributed by atoms with Crippen molar-refractivity contribution in [3.8, 4) is 0 Å². The maximum absolute atomic E-state index is 12.1. The second kappa shape index (κ2) is 6.13. The lowest BCUT2D eigenvalue weighted by Gasteiger charge is -2.22. The normalized spacial score (nSPS) is 31.2. The van der Waals surface area contributed by atoms with Gasteiger partial charge in [0.05, 0.1) is 0 Å². The third-order valence-corrected chi connectivity index (χ3v) is 3.73. The van der Waals surface area contributed by atoms with Crippen LogP contribution in [0.2, 0.25) is 0 Å². The van der Waals surface area contributed by atoms with Crippen LogP contribution in [0.5, 0.6) is 0 Å². The lowest BCUT2D eigenvalue weighted by atomic mass is 9.81. The Balaban J connectivity index is 2.90. The van der Waals surface area contributed by atoms with Crippen LogP contribution < -0.4 is 0 Å². The smallest absolute Gasteiger partial charge is 0.140 e. The van der Waals surface area contributed by atoms with E-state index in [1.807, 2.05) is 27.7 Å². The van der Waals surface area contributed by atoms with Crippen molar-refractivity contribution >= 4 is 11.6 Å². The van der Waals surface area contributed by atoms with Gasteiger partial charge in [-0.15, -0.1) is 0 Å². The van der Waals surface area contributed by atoms with E-state index in [0.717, 1.165) is 18.4 Å². The Labute approximate surface area is 104 Å². The van der Waals surface area contributed by atoms with E-state index in [4.69, 9.17) is 0 Å². The average molecular weight is 236 g/mol. The molecule has 0 N–H and O–H groups in total. The number of hydrogen-bond acceptors (Lipinski definition) is 2. The monoisotopic (exact) mass is 236 g/mol. The molecule has 2 heteroatoms. The first kappa shape index (κ1) is 14.1. The van der Waals surface area contributed by atoms with E-state index in [2.05, 4.69) is 6.08 Å². The van der Waals surface area contributed by atoms with E-state index < -0.39 is 0 Å². The minimum atomic E-state index is -0.0913. The summed E-state index contributed by atoms with van der Waals surface area (Å²) in [6, 6.07) is 0. The van der Waals surface area contributed by atoms with Crippen molar-refractivity contribution in [3.63, 3.8) is 0 Å². The topological polar surface area (TPSA) is 34.1 Å². The summed E-state index contributed by atoms with van der Waals surface area (Å²) in [4.78, 5) is 24.1. The molecule has 0 aromatic carbocycles. The zero-order chi connectivity index (χ0) is 13.0. The summed E-state index contributed by atoms with van der Waals surface area (Å²) in [6.45, 7) is 8.06. The maximum atomic E-state index is 12.1. The molecule has 2 atom stereocenters. The minimum absolute atomic E-state index is 0.0891. The van der Waals surface area contributed by atoms with E-state index in [-0.39, 0.29) is 29.3 Å². The van der Waals surface area contributed by atoms with Gasteiger partial charge in [-0.1, -0.05) is 32.4 Å². The number of rotatable bonds is 1. The highest BCUT2D eigenvalue weighted by atomic mass is 16.1. The molecule has 0 aromatic rings. The Bertz CT molecular complexity index is 326. The van der Waals surface area contributed by atoms with Crippen molar-refractivity contribution in [1.82, 2.24) is 0 Å². The summed E-state index contributed by atoms with van der Waals surface area (Å²) in [5.74, 6) is 0.740. The van der Waals surface area contributed by atoms with Gasteiger partial charge < -0.3 is 0 Å². The van der Waals surface area contributed by atoms with Crippen LogP contribution in [-0.4, -0.2) is 11.6 Å². The highest BCUT2D eigenvalue weighted by molar-refractivity contribution is 5.90. The van der Waals surface area contributed by atoms with Crippen molar-refractivity contribution < 1.29 is 9.59 Å². The highest BCUT2D eigenvalue weighted by Crippen LogP contribution is 2.25. The Morgan fingerprint density at radius 2 is 1.88 bits per heavy atom. The van der Waals surface area contributed by atoms with Crippen molar-refractivity contribution in [2.24, 2.45) is 17.8 Å². The molecule has 0 heterocycles. The zero-order valence-electron chi connectivity index (χ0n) is 11.5. The number of carbonyl (C=O) groups excluding carboxylic acids is 2. The predicted molar refractivity (Wildman–Crippen MR) is 69.7 cm³/mol. The lowest BCUT2D eigenvalue weighted by molar-refractivity contribution is -0.130. The van der Waals surface area contributed by atoms with E-state index in [9.17, 15) is 9.59 Å². The second-order valence-corrected chi connectivity index (χ2v) is 5.69. The van der Waals surface area contributed by atoms with Crippen LogP contribution in [0.3, 0.4) is 0 Å². The van der Waals surface area contributed by atoms with E-state index in [0.29, 0.717) is 12.8 Å². The molecule has 0 unspecified atom stereocenters. The third-order valence-electron chi connectivity index (χ3n) is 3.73. The summed E-state index contributed by atoms with van der Waals surface area (Å²) in [6.07, 6.45) is 4.90. The summed E-state index contributed by atoms with van der Waals surface area (Å²) in [7, 11) is 0. The zero-order valence-corrected chi connectivity index (χ0v) is 11.5. The van der Waals surface area contributed by atoms with Crippen LogP contribution in [0.4, 0.5) is 0 Å². The molecular weight excluding hydrogens is 212 g/mol. The van der Waals surface area contributed by atoms with Crippen molar-refractivity contribution in [2.75, 3.05) is 0 Å². The Morgan fingerprint density at radius 3 is 2.47 bits per heavy atom. The largest absolute Gasteiger partial charge is 0.299 e. The summed E-state index contributed by atoms with van der Waals surface area (Å²) in [5.41, 5.74) is 1.15. The van der Waals surface area contributed by atoms with Gasteiger partial charge in [-0.25, -0.2) is 0 Å². The molecule has 0 aromatic heterocycles. The van der Waals surface area contributed by atoms with Crippen molar-refractivity contribution in [1.29, 1.82) is 0 Å². The number of hydrogen-bond donors (Lipinski definition) is 0. The first-order valence-electron chi connectivity index (χ1n) is 6.63. The molecule has 0 saturated heterocycles. The molecule has 1 aliphatic rings. The molecule has 2 nitrogen and oxygen atoms in total. The van der Waals surface area contributed by atoms with E-state index >= 15 is 0 Å². The van der Waals surface area contributed by atoms with Crippen LogP contribution in [0.1, 0.15) is 53.4 Å². The molecular formula is C15H24O2. The molecule has 0 amide bonds. The number of carbonyl (C=O) groups is 2. The lowest BCUT2D eigenvalue weighted by Crippen LogP contribution is -2.26. The third kappa shape index (κ3) is 4.10. The van der Waals surface area contributed by atoms with Gasteiger partial charge in [-0.05, 0) is 25.7 Å². The van der Waals surface area contributed by atoms with Crippen LogP contribution >= 0.6 is 0 Å². The fourth-order valence-electron chi connectivity index (χ4n) is 2.36. The first-order chi connectivity index (χ1) is 7.91. The summed E-state index contributed by atoms with van der Waals surface area (Å²) in [5, 5.41) is 0. The fourth-order valence-corrected chi connectivity index (χ4v) is 2.36. The van der Waals surface area contributed by atoms with E-state index in [1.165, 1.54) is 0 Å². The standard InChI is InChI=1S/C15H24O2/c1-10(2)13-9-14(16)12(4)7-5-6-11(3)8-15(13)17/h6,10,12-13H,5,7-9H2,1-4H3/b11-6+/t12-,13-/m0/s1. The molecule has 1 rings (SSSR count). The van der Waals surface area contributed by atoms with Gasteiger partial charge in [-0.3, -0.25) is 9.59 Å². The molecule has 0 fully saturated rings. The van der Waals surface area contributed by atoms with Crippen molar-refractivity contribution in [2.45, 2.75) is 53.4 Å². The van der Waals surface area contributed by atoms with Gasteiger partial charge >= 0.3 is 0 Å². The molecule has 0 spiro atoms. The van der Waals surface area contributed by atoms with E-state index in [1.54, 1.807) is 0 Å². The van der Waals surface area contributed by atoms with Crippen LogP contribution in [0.15, 0.2) is 11.6 Å². The van der Waals surface area contributed by atoms with Gasteiger partial charge in [0.15, 0.2) is 0 Å². The molecule has 0 aliphatic heterocycles. The molecule has 17 heavy (non-hydrogen) atoms. The Kier molecular flexibility index (Phi) is 5.10. The number of ketones is 2. The molecule has 0 saturated carbocycles. The average Bonchev–Trinajstić information content (AvgIpc) is 2.23. The van der Waals surface area contributed by atoms with Crippen LogP contribution in [0, 0.1) is 17.8 Å².